The maximum absolute atomic E-state index is 12.9. The number of ether oxygens (including phenoxy) is 1. The topological polar surface area (TPSA) is 68.8 Å². The zero-order valence-corrected chi connectivity index (χ0v) is 16.6. The van der Waals surface area contributed by atoms with E-state index in [2.05, 4.69) is 5.10 Å². The number of rotatable bonds is 6. The van der Waals surface area contributed by atoms with Gasteiger partial charge in [0.15, 0.2) is 0 Å². The smallest absolute Gasteiger partial charge is 0.276 e. The van der Waals surface area contributed by atoms with Crippen LogP contribution in [-0.2, 0) is 6.54 Å². The molecule has 1 N–H and O–H groups in total. The van der Waals surface area contributed by atoms with Gasteiger partial charge in [-0.15, -0.1) is 0 Å². The predicted molar refractivity (Wildman–Crippen MR) is 112 cm³/mol. The second-order valence-electron chi connectivity index (χ2n) is 6.64. The molecular formula is C22H20ClN3O3. The first-order chi connectivity index (χ1) is 14.0. The summed E-state index contributed by atoms with van der Waals surface area (Å²) in [5, 5.41) is 15.6. The molecule has 1 atom stereocenters. The van der Waals surface area contributed by atoms with Crippen LogP contribution in [0.1, 0.15) is 18.6 Å². The number of hydrogen-bond acceptors (Lipinski definition) is 4. The van der Waals surface area contributed by atoms with Crippen LogP contribution in [0.4, 0.5) is 0 Å². The third-order valence-electron chi connectivity index (χ3n) is 4.69. The van der Waals surface area contributed by atoms with E-state index < -0.39 is 6.10 Å². The summed E-state index contributed by atoms with van der Waals surface area (Å²) in [5.74, 6) is 0.790. The summed E-state index contributed by atoms with van der Waals surface area (Å²) in [7, 11) is 0. The molecule has 29 heavy (non-hydrogen) atoms. The van der Waals surface area contributed by atoms with Gasteiger partial charge >= 0.3 is 0 Å². The van der Waals surface area contributed by atoms with Crippen molar-refractivity contribution in [2.24, 2.45) is 0 Å². The van der Waals surface area contributed by atoms with Gasteiger partial charge in [0.05, 0.1) is 24.9 Å². The highest BCUT2D eigenvalue weighted by molar-refractivity contribution is 6.30. The Bertz CT molecular complexity index is 1180. The summed E-state index contributed by atoms with van der Waals surface area (Å²) < 4.78 is 8.50. The molecule has 0 radical (unpaired) electrons. The SMILES string of the molecule is CCOc1ccc(-c2cc3c(=O)n(C[C@H](O)c4ccc(Cl)cc4)ccn3n2)cc1. The molecule has 7 heteroatoms. The lowest BCUT2D eigenvalue weighted by Gasteiger charge is -2.13. The number of benzene rings is 2. The molecule has 4 rings (SSSR count). The van der Waals surface area contributed by atoms with E-state index >= 15 is 0 Å². The number of nitrogens with zero attached hydrogens (tertiary/aromatic N) is 3. The Morgan fingerprint density at radius 1 is 1.10 bits per heavy atom. The van der Waals surface area contributed by atoms with Gasteiger partial charge in [0.2, 0.25) is 0 Å². The summed E-state index contributed by atoms with van der Waals surface area (Å²) in [6.07, 6.45) is 2.52. The van der Waals surface area contributed by atoms with Gasteiger partial charge in [-0.2, -0.15) is 5.10 Å². The first-order valence-corrected chi connectivity index (χ1v) is 9.68. The molecule has 6 nitrogen and oxygen atoms in total. The third kappa shape index (κ3) is 4.04. The molecule has 0 saturated heterocycles. The fourth-order valence-corrected chi connectivity index (χ4v) is 3.30. The Morgan fingerprint density at radius 3 is 2.52 bits per heavy atom. The molecular weight excluding hydrogens is 390 g/mol. The zero-order chi connectivity index (χ0) is 20.4. The lowest BCUT2D eigenvalue weighted by Crippen LogP contribution is -2.24. The van der Waals surface area contributed by atoms with Crippen molar-refractivity contribution in [1.82, 2.24) is 14.2 Å². The maximum Gasteiger partial charge on any atom is 0.276 e. The molecule has 0 amide bonds. The Balaban J connectivity index is 1.62. The molecule has 0 spiro atoms. The van der Waals surface area contributed by atoms with E-state index in [0.717, 1.165) is 11.3 Å². The van der Waals surface area contributed by atoms with Crippen LogP contribution in [-0.4, -0.2) is 25.9 Å². The minimum Gasteiger partial charge on any atom is -0.494 e. The molecule has 0 fully saturated rings. The first-order valence-electron chi connectivity index (χ1n) is 9.30. The second-order valence-corrected chi connectivity index (χ2v) is 7.08. The molecule has 2 aromatic heterocycles. The van der Waals surface area contributed by atoms with Crippen LogP contribution in [0.15, 0.2) is 71.8 Å². The monoisotopic (exact) mass is 409 g/mol. The fraction of sp³-hybridized carbons (Fsp3) is 0.182. The summed E-state index contributed by atoms with van der Waals surface area (Å²) in [4.78, 5) is 12.9. The van der Waals surface area contributed by atoms with Gasteiger partial charge in [0.25, 0.3) is 5.56 Å². The molecule has 0 aliphatic rings. The number of aliphatic hydroxyl groups is 1. The number of fused-ring (bicyclic) bond motifs is 1. The van der Waals surface area contributed by atoms with E-state index in [9.17, 15) is 9.90 Å². The minimum absolute atomic E-state index is 0.139. The first kappa shape index (κ1) is 19.2. The van der Waals surface area contributed by atoms with Crippen LogP contribution < -0.4 is 10.3 Å². The number of aliphatic hydroxyl groups excluding tert-OH is 1. The van der Waals surface area contributed by atoms with Crippen molar-refractivity contribution in [3.05, 3.63) is 87.9 Å². The average molecular weight is 410 g/mol. The van der Waals surface area contributed by atoms with Crippen molar-refractivity contribution in [2.75, 3.05) is 6.61 Å². The van der Waals surface area contributed by atoms with Gasteiger partial charge in [-0.3, -0.25) is 4.79 Å². The molecule has 0 saturated carbocycles. The van der Waals surface area contributed by atoms with Crippen LogP contribution in [0, 0.1) is 0 Å². The minimum atomic E-state index is -0.819. The standard InChI is InChI=1S/C22H20ClN3O3/c1-2-29-18-9-5-15(6-10-18)19-13-20-22(28)25(11-12-26(20)24-19)14-21(27)16-3-7-17(23)8-4-16/h3-13,21,27H,2,14H2,1H3/t21-/m0/s1. The van der Waals surface area contributed by atoms with Crippen molar-refractivity contribution in [1.29, 1.82) is 0 Å². The van der Waals surface area contributed by atoms with Gasteiger partial charge in [-0.1, -0.05) is 23.7 Å². The van der Waals surface area contributed by atoms with Crippen molar-refractivity contribution in [3.8, 4) is 17.0 Å². The number of halogens is 1. The fourth-order valence-electron chi connectivity index (χ4n) is 3.18. The van der Waals surface area contributed by atoms with E-state index in [0.29, 0.717) is 28.4 Å². The molecule has 0 bridgehead atoms. The summed E-state index contributed by atoms with van der Waals surface area (Å²) >= 11 is 5.89. The summed E-state index contributed by atoms with van der Waals surface area (Å²) in [6.45, 7) is 2.68. The van der Waals surface area contributed by atoms with E-state index in [1.165, 1.54) is 4.57 Å². The average Bonchev–Trinajstić information content (AvgIpc) is 3.16. The van der Waals surface area contributed by atoms with Crippen LogP contribution in [0.2, 0.25) is 5.02 Å². The highest BCUT2D eigenvalue weighted by Crippen LogP contribution is 2.22. The van der Waals surface area contributed by atoms with Crippen LogP contribution in [0.5, 0.6) is 5.75 Å². The Labute approximate surface area is 172 Å². The van der Waals surface area contributed by atoms with Gasteiger partial charge < -0.3 is 14.4 Å². The zero-order valence-electron chi connectivity index (χ0n) is 15.8. The van der Waals surface area contributed by atoms with E-state index in [4.69, 9.17) is 16.3 Å². The lowest BCUT2D eigenvalue weighted by atomic mass is 10.1. The van der Waals surface area contributed by atoms with Crippen molar-refractivity contribution < 1.29 is 9.84 Å². The van der Waals surface area contributed by atoms with E-state index in [1.54, 1.807) is 47.2 Å². The molecule has 2 heterocycles. The quantitative estimate of drug-likeness (QED) is 0.523. The Kier molecular flexibility index (Phi) is 5.38. The lowest BCUT2D eigenvalue weighted by molar-refractivity contribution is 0.155. The Hall–Kier alpha value is -3.09. The normalized spacial score (nSPS) is 12.2. The van der Waals surface area contributed by atoms with Gasteiger partial charge in [-0.05, 0) is 55.0 Å². The highest BCUT2D eigenvalue weighted by Gasteiger charge is 2.13. The van der Waals surface area contributed by atoms with Crippen LogP contribution >= 0.6 is 11.6 Å². The third-order valence-corrected chi connectivity index (χ3v) is 4.94. The maximum atomic E-state index is 12.9. The molecule has 0 aliphatic heterocycles. The molecule has 148 valence electrons. The van der Waals surface area contributed by atoms with Crippen molar-refractivity contribution in [3.63, 3.8) is 0 Å². The molecule has 2 aromatic carbocycles. The van der Waals surface area contributed by atoms with Crippen LogP contribution in [0.3, 0.4) is 0 Å². The number of aromatic nitrogens is 3. The van der Waals surface area contributed by atoms with Crippen molar-refractivity contribution >= 4 is 17.1 Å². The van der Waals surface area contributed by atoms with Gasteiger partial charge in [0.1, 0.15) is 11.3 Å². The number of hydrogen-bond donors (Lipinski definition) is 1. The predicted octanol–water partition coefficient (Wildman–Crippen LogP) is 3.95. The molecule has 0 unspecified atom stereocenters. The van der Waals surface area contributed by atoms with Crippen LogP contribution in [0.25, 0.3) is 16.8 Å². The molecule has 0 aliphatic carbocycles. The van der Waals surface area contributed by atoms with Gasteiger partial charge in [0, 0.05) is 23.0 Å². The Morgan fingerprint density at radius 2 is 1.83 bits per heavy atom. The second kappa shape index (κ2) is 8.11. The summed E-state index contributed by atoms with van der Waals surface area (Å²) in [5.41, 5.74) is 2.51. The molecule has 4 aromatic rings. The van der Waals surface area contributed by atoms with E-state index in [1.807, 2.05) is 31.2 Å². The summed E-state index contributed by atoms with van der Waals surface area (Å²) in [6, 6.07) is 16.3. The van der Waals surface area contributed by atoms with E-state index in [-0.39, 0.29) is 12.1 Å². The largest absolute Gasteiger partial charge is 0.494 e. The van der Waals surface area contributed by atoms with Gasteiger partial charge in [-0.25, -0.2) is 4.52 Å². The van der Waals surface area contributed by atoms with Crippen molar-refractivity contribution in [2.45, 2.75) is 19.6 Å². The highest BCUT2D eigenvalue weighted by atomic mass is 35.5.